The number of nitrogens with zero attached hydrogens (tertiary/aromatic N) is 1. The number of hydrogen-bond acceptors (Lipinski definition) is 4. The number of benzene rings is 2. The molecule has 2 aromatic carbocycles. The minimum absolute atomic E-state index is 0.191. The first-order chi connectivity index (χ1) is 13.5. The van der Waals surface area contributed by atoms with Crippen LogP contribution in [0.2, 0.25) is 0 Å². The van der Waals surface area contributed by atoms with Gasteiger partial charge in [0.25, 0.3) is 11.8 Å². The summed E-state index contributed by atoms with van der Waals surface area (Å²) in [4.78, 5) is 23.9. The van der Waals surface area contributed by atoms with Crippen LogP contribution in [0.5, 0.6) is 0 Å². The zero-order chi connectivity index (χ0) is 19.9. The molecular weight excluding hydrogens is 537 g/mol. The third-order valence-electron chi connectivity index (χ3n) is 3.66. The molecule has 0 aliphatic rings. The highest BCUT2D eigenvalue weighted by molar-refractivity contribution is 14.1. The van der Waals surface area contributed by atoms with Gasteiger partial charge < -0.3 is 9.73 Å². The van der Waals surface area contributed by atoms with Gasteiger partial charge >= 0.3 is 0 Å². The number of halogens is 2. The van der Waals surface area contributed by atoms with Gasteiger partial charge in [0.1, 0.15) is 11.5 Å². The predicted molar refractivity (Wildman–Crippen MR) is 119 cm³/mol. The quantitative estimate of drug-likeness (QED) is 0.274. The highest BCUT2D eigenvalue weighted by atomic mass is 127. The Hall–Kier alpha value is -2.46. The Balaban J connectivity index is 1.49. The number of rotatable bonds is 6. The van der Waals surface area contributed by atoms with E-state index in [-0.39, 0.29) is 12.5 Å². The summed E-state index contributed by atoms with van der Waals surface area (Å²) in [5.74, 6) is 0.428. The van der Waals surface area contributed by atoms with Crippen LogP contribution in [0.25, 0.3) is 11.3 Å². The van der Waals surface area contributed by atoms with Crippen molar-refractivity contribution in [3.63, 3.8) is 0 Å². The maximum absolute atomic E-state index is 12.0. The molecular formula is C20H15BrIN3O3. The van der Waals surface area contributed by atoms with Crippen LogP contribution in [0.1, 0.15) is 16.1 Å². The van der Waals surface area contributed by atoms with E-state index in [0.29, 0.717) is 21.6 Å². The van der Waals surface area contributed by atoms with Crippen molar-refractivity contribution in [3.8, 4) is 11.3 Å². The van der Waals surface area contributed by atoms with E-state index in [1.165, 1.54) is 6.21 Å². The molecule has 0 radical (unpaired) electrons. The van der Waals surface area contributed by atoms with E-state index in [2.05, 4.69) is 54.4 Å². The Bertz CT molecular complexity index is 1020. The van der Waals surface area contributed by atoms with Crippen molar-refractivity contribution in [1.82, 2.24) is 10.7 Å². The second-order valence-corrected chi connectivity index (χ2v) is 7.76. The van der Waals surface area contributed by atoms with Crippen molar-refractivity contribution in [2.45, 2.75) is 0 Å². The third-order valence-corrected chi connectivity index (χ3v) is 5.08. The molecule has 0 spiro atoms. The van der Waals surface area contributed by atoms with Crippen molar-refractivity contribution >= 4 is 56.5 Å². The molecule has 0 atom stereocenters. The molecule has 0 saturated heterocycles. The number of carbonyl (C=O) groups excluding carboxylic acids is 2. The SMILES string of the molecule is O=C(CNC(=O)c1ccccc1Br)NN=Cc1ccc(-c2ccc(I)cc2)o1. The molecule has 3 rings (SSSR count). The summed E-state index contributed by atoms with van der Waals surface area (Å²) in [6.45, 7) is -0.191. The standard InChI is InChI=1S/C20H15BrIN3O3/c21-17-4-2-1-3-16(17)20(27)23-12-19(26)25-24-11-15-9-10-18(28-15)13-5-7-14(22)8-6-13/h1-11H,12H2,(H,23,27)(H,25,26). The Labute approximate surface area is 183 Å². The number of nitrogens with one attached hydrogen (secondary N) is 2. The Morgan fingerprint density at radius 1 is 1.07 bits per heavy atom. The minimum Gasteiger partial charge on any atom is -0.455 e. The molecule has 0 bridgehead atoms. The van der Waals surface area contributed by atoms with E-state index >= 15 is 0 Å². The van der Waals surface area contributed by atoms with E-state index in [1.807, 2.05) is 30.3 Å². The van der Waals surface area contributed by atoms with Crippen molar-refractivity contribution in [2.24, 2.45) is 5.10 Å². The number of hydrazone groups is 1. The molecule has 2 N–H and O–H groups in total. The summed E-state index contributed by atoms with van der Waals surface area (Å²) in [6, 6.07) is 18.5. The first-order valence-corrected chi connectivity index (χ1v) is 10.1. The van der Waals surface area contributed by atoms with E-state index in [9.17, 15) is 9.59 Å². The van der Waals surface area contributed by atoms with Gasteiger partial charge in [0.05, 0.1) is 18.3 Å². The van der Waals surface area contributed by atoms with Crippen molar-refractivity contribution in [3.05, 3.63) is 80.0 Å². The lowest BCUT2D eigenvalue weighted by molar-refractivity contribution is -0.120. The molecule has 1 aromatic heterocycles. The van der Waals surface area contributed by atoms with Gasteiger partial charge in [0, 0.05) is 13.6 Å². The molecule has 8 heteroatoms. The average Bonchev–Trinajstić information content (AvgIpc) is 3.16. The molecule has 0 fully saturated rings. The summed E-state index contributed by atoms with van der Waals surface area (Å²) in [6.07, 6.45) is 1.41. The zero-order valence-electron chi connectivity index (χ0n) is 14.5. The molecule has 142 valence electrons. The summed E-state index contributed by atoms with van der Waals surface area (Å²) in [5.41, 5.74) is 3.77. The molecule has 0 aliphatic heterocycles. The maximum Gasteiger partial charge on any atom is 0.259 e. The summed E-state index contributed by atoms with van der Waals surface area (Å²) >= 11 is 5.54. The second kappa shape index (κ2) is 9.65. The summed E-state index contributed by atoms with van der Waals surface area (Å²) in [5, 5.41) is 6.39. The lowest BCUT2D eigenvalue weighted by Gasteiger charge is -2.05. The van der Waals surface area contributed by atoms with Crippen molar-refractivity contribution in [2.75, 3.05) is 6.54 Å². The summed E-state index contributed by atoms with van der Waals surface area (Å²) in [7, 11) is 0. The number of furan rings is 1. The normalized spacial score (nSPS) is 10.8. The highest BCUT2D eigenvalue weighted by Crippen LogP contribution is 2.22. The molecule has 0 saturated carbocycles. The van der Waals surface area contributed by atoms with Gasteiger partial charge in [-0.05, 0) is 74.9 Å². The smallest absolute Gasteiger partial charge is 0.259 e. The van der Waals surface area contributed by atoms with Gasteiger partial charge in [0.2, 0.25) is 0 Å². The Morgan fingerprint density at radius 2 is 1.82 bits per heavy atom. The molecule has 0 unspecified atom stereocenters. The lowest BCUT2D eigenvalue weighted by atomic mass is 10.2. The molecule has 0 aliphatic carbocycles. The van der Waals surface area contributed by atoms with Crippen LogP contribution in [0, 0.1) is 3.57 Å². The van der Waals surface area contributed by atoms with Crippen molar-refractivity contribution in [1.29, 1.82) is 0 Å². The van der Waals surface area contributed by atoms with Crippen LogP contribution in [0.3, 0.4) is 0 Å². The van der Waals surface area contributed by atoms with Crippen LogP contribution < -0.4 is 10.7 Å². The fourth-order valence-electron chi connectivity index (χ4n) is 2.30. The Kier molecular flexibility index (Phi) is 6.99. The first-order valence-electron chi connectivity index (χ1n) is 8.23. The maximum atomic E-state index is 12.0. The van der Waals surface area contributed by atoms with Crippen LogP contribution >= 0.6 is 38.5 Å². The van der Waals surface area contributed by atoms with Gasteiger partial charge in [-0.3, -0.25) is 9.59 Å². The fourth-order valence-corrected chi connectivity index (χ4v) is 3.12. The molecule has 28 heavy (non-hydrogen) atoms. The minimum atomic E-state index is -0.443. The van der Waals surface area contributed by atoms with E-state index in [4.69, 9.17) is 4.42 Å². The number of carbonyl (C=O) groups is 2. The van der Waals surface area contributed by atoms with E-state index in [0.717, 1.165) is 9.13 Å². The van der Waals surface area contributed by atoms with Gasteiger partial charge in [-0.25, -0.2) is 5.43 Å². The van der Waals surface area contributed by atoms with Crippen LogP contribution in [0.15, 0.2) is 74.7 Å². The highest BCUT2D eigenvalue weighted by Gasteiger charge is 2.10. The summed E-state index contributed by atoms with van der Waals surface area (Å²) < 4.78 is 7.49. The van der Waals surface area contributed by atoms with Crippen LogP contribution in [0.4, 0.5) is 0 Å². The number of amides is 2. The fraction of sp³-hybridized carbons (Fsp3) is 0.0500. The largest absolute Gasteiger partial charge is 0.455 e. The first kappa shape index (κ1) is 20.3. The van der Waals surface area contributed by atoms with Crippen LogP contribution in [-0.4, -0.2) is 24.6 Å². The predicted octanol–water partition coefficient (Wildman–Crippen LogP) is 4.19. The van der Waals surface area contributed by atoms with Gasteiger partial charge in [-0.15, -0.1) is 0 Å². The van der Waals surface area contributed by atoms with E-state index < -0.39 is 5.91 Å². The van der Waals surface area contributed by atoms with Gasteiger partial charge in [-0.2, -0.15) is 5.10 Å². The molecule has 6 nitrogen and oxygen atoms in total. The number of hydrogen-bond donors (Lipinski definition) is 2. The lowest BCUT2D eigenvalue weighted by Crippen LogP contribution is -2.35. The Morgan fingerprint density at radius 3 is 2.57 bits per heavy atom. The molecule has 3 aromatic rings. The average molecular weight is 552 g/mol. The monoisotopic (exact) mass is 551 g/mol. The topological polar surface area (TPSA) is 83.7 Å². The molecule has 2 amide bonds. The third kappa shape index (κ3) is 5.52. The second-order valence-electron chi connectivity index (χ2n) is 5.66. The van der Waals surface area contributed by atoms with Gasteiger partial charge in [0.15, 0.2) is 0 Å². The van der Waals surface area contributed by atoms with E-state index in [1.54, 1.807) is 30.3 Å². The van der Waals surface area contributed by atoms with Crippen molar-refractivity contribution < 1.29 is 14.0 Å². The van der Waals surface area contributed by atoms with Crippen LogP contribution in [-0.2, 0) is 4.79 Å². The zero-order valence-corrected chi connectivity index (χ0v) is 18.2. The van der Waals surface area contributed by atoms with Gasteiger partial charge in [-0.1, -0.05) is 24.3 Å². The molecule has 1 heterocycles.